The maximum absolute atomic E-state index is 3.75. The van der Waals surface area contributed by atoms with Gasteiger partial charge in [-0.3, -0.25) is 0 Å². The van der Waals surface area contributed by atoms with Crippen molar-refractivity contribution in [1.29, 1.82) is 0 Å². The molecule has 0 aliphatic heterocycles. The molecule has 0 saturated carbocycles. The van der Waals surface area contributed by atoms with Crippen LogP contribution in [0.5, 0.6) is 0 Å². The summed E-state index contributed by atoms with van der Waals surface area (Å²) < 4.78 is 5.93. The molecule has 5 heteroatoms. The molecule has 0 saturated heterocycles. The third-order valence-electron chi connectivity index (χ3n) is 6.17. The van der Waals surface area contributed by atoms with E-state index in [0.717, 1.165) is 21.3 Å². The molecule has 0 heterocycles. The van der Waals surface area contributed by atoms with Crippen molar-refractivity contribution in [3.05, 3.63) is 119 Å². The molecule has 4 aromatic rings. The van der Waals surface area contributed by atoms with Crippen LogP contribution in [0.1, 0.15) is 22.3 Å². The first kappa shape index (κ1) is 25.8. The van der Waals surface area contributed by atoms with Crippen LogP contribution < -0.4 is 12.5 Å². The Bertz CT molecular complexity index is 973. The predicted molar refractivity (Wildman–Crippen MR) is 161 cm³/mol. The van der Waals surface area contributed by atoms with E-state index in [9.17, 15) is 0 Å². The van der Waals surface area contributed by atoms with Crippen molar-refractivity contribution in [2.24, 2.45) is 0 Å². The zero-order valence-corrected chi connectivity index (χ0v) is 28.3. The van der Waals surface area contributed by atoms with Gasteiger partial charge in [0.2, 0.25) is 0 Å². The fraction of sp³-hybridized carbons (Fsp3) is 0.143. The van der Waals surface area contributed by atoms with Crippen molar-refractivity contribution in [3.8, 4) is 0 Å². The molecule has 0 nitrogen and oxygen atoms in total. The molecule has 0 aliphatic rings. The van der Waals surface area contributed by atoms with Crippen LogP contribution in [0.3, 0.4) is 0 Å². The van der Waals surface area contributed by atoms with Gasteiger partial charge in [-0.1, -0.05) is 0 Å². The van der Waals surface area contributed by atoms with Crippen molar-refractivity contribution in [2.75, 3.05) is 0 Å². The van der Waals surface area contributed by atoms with Crippen LogP contribution in [-0.2, 0) is 21.3 Å². The monoisotopic (exact) mass is 884 g/mol. The van der Waals surface area contributed by atoms with E-state index >= 15 is 0 Å². The molecule has 0 N–H and O–H groups in total. The number of hydrogen-bond acceptors (Lipinski definition) is 0. The van der Waals surface area contributed by atoms with E-state index in [4.69, 9.17) is 0 Å². The molecule has 0 radical (unpaired) electrons. The number of rotatable bonds is 8. The SMILES string of the molecule is BrCc1cc[c]([Pb]([c]2ccc(CBr)cc2)([c]2ccc(CBr)cc2)[c]2ccc(CBr)cc2)cc1. The molecular weight excluding hydrogens is 863 g/mol. The van der Waals surface area contributed by atoms with Crippen LogP contribution >= 0.6 is 63.7 Å². The summed E-state index contributed by atoms with van der Waals surface area (Å²) in [6.07, 6.45) is 0. The fourth-order valence-electron chi connectivity index (χ4n) is 4.38. The third-order valence-corrected chi connectivity index (χ3v) is 27.4. The number of benzene rings is 4. The van der Waals surface area contributed by atoms with Gasteiger partial charge in [0.05, 0.1) is 0 Å². The van der Waals surface area contributed by atoms with E-state index in [1.807, 2.05) is 0 Å². The zero-order valence-electron chi connectivity index (χ0n) is 18.1. The van der Waals surface area contributed by atoms with Gasteiger partial charge in [0.25, 0.3) is 0 Å². The third kappa shape index (κ3) is 5.45. The summed E-state index contributed by atoms with van der Waals surface area (Å²) in [5.41, 5.74) is 5.22. The van der Waals surface area contributed by atoms with Gasteiger partial charge in [-0.2, -0.15) is 0 Å². The first-order valence-electron chi connectivity index (χ1n) is 10.8. The Morgan fingerprint density at radius 2 is 0.515 bits per heavy atom. The van der Waals surface area contributed by atoms with Crippen molar-refractivity contribution < 1.29 is 0 Å². The van der Waals surface area contributed by atoms with Crippen molar-refractivity contribution in [2.45, 2.75) is 21.3 Å². The maximum atomic E-state index is 3.62. The van der Waals surface area contributed by atoms with Gasteiger partial charge >= 0.3 is 238 Å². The molecule has 4 aromatic carbocycles. The summed E-state index contributed by atoms with van der Waals surface area (Å²) in [5.74, 6) is 0. The standard InChI is InChI=1S/4C7H6Br.Pb/c4*8-6-7-4-2-1-3-5-7;/h4*2-5H,6H2;. The van der Waals surface area contributed by atoms with Crippen LogP contribution in [0, 0.1) is 0 Å². The second-order valence-electron chi connectivity index (χ2n) is 8.07. The van der Waals surface area contributed by atoms with Gasteiger partial charge in [0, 0.05) is 0 Å². The van der Waals surface area contributed by atoms with Crippen molar-refractivity contribution in [3.63, 3.8) is 0 Å². The summed E-state index contributed by atoms with van der Waals surface area (Å²) in [6.45, 7) is 0. The van der Waals surface area contributed by atoms with E-state index in [0.29, 0.717) is 0 Å². The van der Waals surface area contributed by atoms with E-state index in [-0.39, 0.29) is 0 Å². The Hall–Kier alpha value is -0.278. The molecular formula is C28H24Br4Pb. The summed E-state index contributed by atoms with van der Waals surface area (Å²) in [4.78, 5) is 0. The van der Waals surface area contributed by atoms with E-state index in [1.165, 1.54) is 34.7 Å². The van der Waals surface area contributed by atoms with Crippen LogP contribution in [0.15, 0.2) is 97.1 Å². The predicted octanol–water partition coefficient (Wildman–Crippen LogP) is 6.64. The average Bonchev–Trinajstić information content (AvgIpc) is 2.90. The molecule has 0 aromatic heterocycles. The topological polar surface area (TPSA) is 0 Å². The fourth-order valence-corrected chi connectivity index (χ4v) is 24.0. The minimum absolute atomic E-state index is 0.872. The molecule has 0 unspecified atom stereocenters. The first-order chi connectivity index (χ1) is 16.1. The molecule has 0 atom stereocenters. The van der Waals surface area contributed by atoms with Gasteiger partial charge in [0.1, 0.15) is 0 Å². The van der Waals surface area contributed by atoms with Crippen LogP contribution in [0.2, 0.25) is 0 Å². The number of hydrogen-bond donors (Lipinski definition) is 0. The average molecular weight is 887 g/mol. The summed E-state index contributed by atoms with van der Waals surface area (Å²) in [5, 5.41) is 3.49. The Labute approximate surface area is 235 Å². The van der Waals surface area contributed by atoms with Crippen molar-refractivity contribution in [1.82, 2.24) is 0 Å². The van der Waals surface area contributed by atoms with Gasteiger partial charge in [-0.05, 0) is 0 Å². The van der Waals surface area contributed by atoms with Crippen LogP contribution in [0.4, 0.5) is 0 Å². The second kappa shape index (κ2) is 12.1. The Morgan fingerprint density at radius 1 is 0.333 bits per heavy atom. The zero-order chi connectivity index (χ0) is 23.3. The normalized spacial score (nSPS) is 11.5. The summed E-state index contributed by atoms with van der Waals surface area (Å²) >= 11 is 10.7. The molecule has 0 spiro atoms. The van der Waals surface area contributed by atoms with E-state index in [2.05, 4.69) is 161 Å². The van der Waals surface area contributed by atoms with E-state index in [1.54, 1.807) is 0 Å². The molecule has 0 bridgehead atoms. The molecule has 0 amide bonds. The summed E-state index contributed by atoms with van der Waals surface area (Å²) in [7, 11) is 0. The molecule has 168 valence electrons. The second-order valence-corrected chi connectivity index (χ2v) is 25.1. The van der Waals surface area contributed by atoms with Gasteiger partial charge < -0.3 is 0 Å². The molecule has 33 heavy (non-hydrogen) atoms. The molecule has 0 aliphatic carbocycles. The van der Waals surface area contributed by atoms with Crippen LogP contribution in [0.25, 0.3) is 0 Å². The summed E-state index contributed by atoms with van der Waals surface area (Å²) in [6, 6.07) is 37.3. The Morgan fingerprint density at radius 3 is 0.667 bits per heavy atom. The van der Waals surface area contributed by atoms with Gasteiger partial charge in [-0.25, -0.2) is 0 Å². The quantitative estimate of drug-likeness (QED) is 0.138. The minimum atomic E-state index is -3.75. The molecule has 0 fully saturated rings. The molecule has 4 rings (SSSR count). The van der Waals surface area contributed by atoms with Crippen molar-refractivity contribution >= 4 is 97.4 Å². The Kier molecular flexibility index (Phi) is 9.47. The Balaban J connectivity index is 2.05. The first-order valence-corrected chi connectivity index (χ1v) is 23.0. The van der Waals surface area contributed by atoms with Crippen LogP contribution in [-0.4, -0.2) is 21.2 Å². The number of alkyl halides is 4. The van der Waals surface area contributed by atoms with Gasteiger partial charge in [-0.15, -0.1) is 0 Å². The van der Waals surface area contributed by atoms with Gasteiger partial charge in [0.15, 0.2) is 0 Å². The number of halogens is 4. The van der Waals surface area contributed by atoms with E-state index < -0.39 is 21.2 Å².